The van der Waals surface area contributed by atoms with E-state index in [2.05, 4.69) is 56.5 Å². The van der Waals surface area contributed by atoms with E-state index in [1.54, 1.807) is 13.1 Å². The van der Waals surface area contributed by atoms with E-state index in [0.29, 0.717) is 11.7 Å². The number of hydrogen-bond acceptors (Lipinski definition) is 6. The molecule has 4 rings (SSSR count). The first kappa shape index (κ1) is 21.0. The Morgan fingerprint density at radius 1 is 1.23 bits per heavy atom. The number of piperidine rings is 1. The number of hydrogen-bond donors (Lipinski definition) is 1. The third-order valence-electron chi connectivity index (χ3n) is 5.97. The average Bonchev–Trinajstić information content (AvgIpc) is 3.25. The highest BCUT2D eigenvalue weighted by Crippen LogP contribution is 2.30. The molecule has 0 aliphatic carbocycles. The molecule has 1 atom stereocenters. The van der Waals surface area contributed by atoms with Crippen LogP contribution in [0.4, 0.5) is 5.82 Å². The van der Waals surface area contributed by atoms with Gasteiger partial charge in [0.15, 0.2) is 0 Å². The lowest BCUT2D eigenvalue weighted by molar-refractivity contribution is -0.126. The summed E-state index contributed by atoms with van der Waals surface area (Å²) >= 11 is 0. The van der Waals surface area contributed by atoms with E-state index in [1.807, 2.05) is 19.1 Å². The molecule has 0 radical (unpaired) electrons. The Morgan fingerprint density at radius 2 is 1.97 bits per heavy atom. The number of pyridine rings is 1. The van der Waals surface area contributed by atoms with Gasteiger partial charge >= 0.3 is 0 Å². The van der Waals surface area contributed by atoms with Crippen LogP contribution in [0.3, 0.4) is 0 Å². The number of rotatable bonds is 6. The number of aromatic nitrogens is 3. The smallest absolute Gasteiger partial charge is 0.223 e. The quantitative estimate of drug-likeness (QED) is 0.648. The lowest BCUT2D eigenvalue weighted by Gasteiger charge is -2.33. The molecule has 0 spiro atoms. The lowest BCUT2D eigenvalue weighted by atomic mass is 9.94. The summed E-state index contributed by atoms with van der Waals surface area (Å²) in [6, 6.07) is 12.3. The van der Waals surface area contributed by atoms with Crippen LogP contribution in [0, 0.1) is 12.8 Å². The number of aryl methyl sites for hydroxylation is 2. The summed E-state index contributed by atoms with van der Waals surface area (Å²) in [5.41, 5.74) is 3.29. The maximum Gasteiger partial charge on any atom is 0.223 e. The molecule has 7 heteroatoms. The van der Waals surface area contributed by atoms with E-state index in [-0.39, 0.29) is 17.9 Å². The van der Waals surface area contributed by atoms with Crippen molar-refractivity contribution >= 4 is 11.7 Å². The highest BCUT2D eigenvalue weighted by Gasteiger charge is 2.28. The third kappa shape index (κ3) is 4.76. The molecule has 0 saturated carbocycles. The van der Waals surface area contributed by atoms with Crippen molar-refractivity contribution in [1.29, 1.82) is 0 Å². The first-order chi connectivity index (χ1) is 15.0. The van der Waals surface area contributed by atoms with Crippen molar-refractivity contribution in [1.82, 2.24) is 20.4 Å². The largest absolute Gasteiger partial charge is 0.356 e. The molecule has 1 amide bonds. The number of nitrogens with zero attached hydrogens (tertiary/aromatic N) is 4. The number of nitrogens with one attached hydrogen (secondary N) is 1. The molecule has 3 heterocycles. The number of anilines is 1. The van der Waals surface area contributed by atoms with Crippen molar-refractivity contribution in [3.63, 3.8) is 0 Å². The van der Waals surface area contributed by atoms with Crippen molar-refractivity contribution in [3.8, 4) is 11.4 Å². The van der Waals surface area contributed by atoms with Crippen LogP contribution >= 0.6 is 0 Å². The van der Waals surface area contributed by atoms with E-state index < -0.39 is 0 Å². The molecular weight excluding hydrogens is 390 g/mol. The van der Waals surface area contributed by atoms with Gasteiger partial charge in [0.05, 0.1) is 11.6 Å². The van der Waals surface area contributed by atoms with Gasteiger partial charge in [-0.1, -0.05) is 36.3 Å². The molecule has 0 unspecified atom stereocenters. The summed E-state index contributed by atoms with van der Waals surface area (Å²) in [5.74, 6) is 2.04. The lowest BCUT2D eigenvalue weighted by Crippen LogP contribution is -2.41. The van der Waals surface area contributed by atoms with E-state index in [0.717, 1.165) is 49.3 Å². The topological polar surface area (TPSA) is 84.2 Å². The summed E-state index contributed by atoms with van der Waals surface area (Å²) in [4.78, 5) is 24.0. The van der Waals surface area contributed by atoms with Gasteiger partial charge in [-0.05, 0) is 49.4 Å². The Hall–Kier alpha value is -3.22. The first-order valence-electron chi connectivity index (χ1n) is 10.9. The molecule has 0 bridgehead atoms. The molecule has 1 N–H and O–H groups in total. The van der Waals surface area contributed by atoms with Gasteiger partial charge in [0, 0.05) is 32.1 Å². The minimum Gasteiger partial charge on any atom is -0.356 e. The van der Waals surface area contributed by atoms with Crippen LogP contribution in [0.1, 0.15) is 49.7 Å². The molecule has 1 aliphatic rings. The molecular formula is C24H29N5O2. The number of carbonyl (C=O) groups is 1. The van der Waals surface area contributed by atoms with Crippen molar-refractivity contribution < 1.29 is 9.32 Å². The average molecular weight is 420 g/mol. The Balaban J connectivity index is 1.37. The fraction of sp³-hybridized carbons (Fsp3) is 0.417. The van der Waals surface area contributed by atoms with Crippen molar-refractivity contribution in [2.45, 2.75) is 46.1 Å². The second-order valence-electron chi connectivity index (χ2n) is 8.10. The predicted octanol–water partition coefficient (Wildman–Crippen LogP) is 4.10. The van der Waals surface area contributed by atoms with Crippen LogP contribution in [0.5, 0.6) is 0 Å². The van der Waals surface area contributed by atoms with Crippen LogP contribution in [0.25, 0.3) is 11.4 Å². The van der Waals surface area contributed by atoms with Crippen LogP contribution in [0.15, 0.2) is 47.1 Å². The Bertz CT molecular complexity index is 1020. The second-order valence-corrected chi connectivity index (χ2v) is 8.10. The fourth-order valence-electron chi connectivity index (χ4n) is 4.04. The second kappa shape index (κ2) is 9.29. The molecule has 3 aromatic rings. The van der Waals surface area contributed by atoms with Gasteiger partial charge in [-0.25, -0.2) is 4.98 Å². The van der Waals surface area contributed by atoms with Gasteiger partial charge in [-0.2, -0.15) is 4.98 Å². The minimum absolute atomic E-state index is 0.000285. The molecule has 2 aromatic heterocycles. The van der Waals surface area contributed by atoms with E-state index in [1.165, 1.54) is 5.56 Å². The number of benzene rings is 1. The zero-order valence-corrected chi connectivity index (χ0v) is 18.3. The van der Waals surface area contributed by atoms with Gasteiger partial charge in [0.2, 0.25) is 17.6 Å². The Labute approximate surface area is 182 Å². The maximum absolute atomic E-state index is 12.9. The van der Waals surface area contributed by atoms with Crippen molar-refractivity contribution in [2.75, 3.05) is 18.0 Å². The van der Waals surface area contributed by atoms with Gasteiger partial charge in [-0.15, -0.1) is 0 Å². The van der Waals surface area contributed by atoms with Gasteiger partial charge in [0.25, 0.3) is 0 Å². The minimum atomic E-state index is 0.000285. The zero-order valence-electron chi connectivity index (χ0n) is 18.3. The Kier molecular flexibility index (Phi) is 6.30. The third-order valence-corrected chi connectivity index (χ3v) is 5.97. The number of carbonyl (C=O) groups excluding carboxylic acids is 1. The summed E-state index contributed by atoms with van der Waals surface area (Å²) < 4.78 is 5.14. The molecule has 1 saturated heterocycles. The highest BCUT2D eigenvalue weighted by atomic mass is 16.5. The zero-order chi connectivity index (χ0) is 21.8. The summed E-state index contributed by atoms with van der Waals surface area (Å²) in [7, 11) is 0. The highest BCUT2D eigenvalue weighted by molar-refractivity contribution is 5.79. The predicted molar refractivity (Wildman–Crippen MR) is 120 cm³/mol. The van der Waals surface area contributed by atoms with Crippen molar-refractivity contribution in [3.05, 3.63) is 59.6 Å². The molecule has 1 fully saturated rings. The van der Waals surface area contributed by atoms with Gasteiger partial charge < -0.3 is 14.7 Å². The Morgan fingerprint density at radius 3 is 2.61 bits per heavy atom. The first-order valence-corrected chi connectivity index (χ1v) is 10.9. The summed E-state index contributed by atoms with van der Waals surface area (Å²) in [5, 5.41) is 7.23. The van der Waals surface area contributed by atoms with E-state index in [4.69, 9.17) is 4.52 Å². The summed E-state index contributed by atoms with van der Waals surface area (Å²) in [6.45, 7) is 7.48. The van der Waals surface area contributed by atoms with Gasteiger partial charge in [-0.3, -0.25) is 4.79 Å². The van der Waals surface area contributed by atoms with Crippen LogP contribution in [0.2, 0.25) is 0 Å². The van der Waals surface area contributed by atoms with E-state index >= 15 is 0 Å². The summed E-state index contributed by atoms with van der Waals surface area (Å²) in [6.07, 6.45) is 4.36. The number of amides is 1. The molecule has 162 valence electrons. The normalized spacial score (nSPS) is 15.6. The molecule has 31 heavy (non-hydrogen) atoms. The molecule has 1 aromatic carbocycles. The molecule has 1 aliphatic heterocycles. The fourth-order valence-corrected chi connectivity index (χ4v) is 4.04. The van der Waals surface area contributed by atoms with Gasteiger partial charge in [0.1, 0.15) is 5.82 Å². The van der Waals surface area contributed by atoms with Crippen LogP contribution in [-0.4, -0.2) is 34.1 Å². The van der Waals surface area contributed by atoms with Crippen molar-refractivity contribution in [2.24, 2.45) is 5.92 Å². The molecule has 7 nitrogen and oxygen atoms in total. The maximum atomic E-state index is 12.9. The standard InChI is InChI=1S/C24H29N5O2/c1-4-18-7-9-19(10-8-18)16(2)26-24(30)20-11-14-29(15-12-20)23-21(6-5-13-25-23)22-27-17(3)31-28-22/h5-10,13,16,20H,4,11-12,14-15H2,1-3H3,(H,26,30)/t16-/m0/s1. The monoisotopic (exact) mass is 419 g/mol. The van der Waals surface area contributed by atoms with Crippen LogP contribution in [-0.2, 0) is 11.2 Å². The van der Waals surface area contributed by atoms with E-state index in [9.17, 15) is 4.79 Å². The SMILES string of the molecule is CCc1ccc([C@H](C)NC(=O)C2CCN(c3ncccc3-c3noc(C)n3)CC2)cc1. The van der Waals surface area contributed by atoms with Crippen LogP contribution < -0.4 is 10.2 Å².